The van der Waals surface area contributed by atoms with E-state index in [0.717, 1.165) is 0 Å². The predicted molar refractivity (Wildman–Crippen MR) is 81.6 cm³/mol. The lowest BCUT2D eigenvalue weighted by Gasteiger charge is -2.21. The van der Waals surface area contributed by atoms with E-state index in [-0.39, 0.29) is 19.8 Å². The number of aliphatic hydroxyl groups is 3. The van der Waals surface area contributed by atoms with E-state index >= 15 is 0 Å². The second-order valence-corrected chi connectivity index (χ2v) is 5.23. The number of carbonyl (C=O) groups excluding carboxylic acids is 2. The van der Waals surface area contributed by atoms with Crippen molar-refractivity contribution in [2.24, 2.45) is 5.92 Å². The van der Waals surface area contributed by atoms with Crippen LogP contribution in [-0.4, -0.2) is 72.0 Å². The Balaban J connectivity index is 4.85. The third-order valence-corrected chi connectivity index (χ3v) is 3.18. The van der Waals surface area contributed by atoms with Gasteiger partial charge in [0.05, 0.1) is 19.8 Å². The first kappa shape index (κ1) is 22.7. The summed E-state index contributed by atoms with van der Waals surface area (Å²) in [6.07, 6.45) is -1.39. The zero-order valence-corrected chi connectivity index (χ0v) is 14.3. The third kappa shape index (κ3) is 8.55. The van der Waals surface area contributed by atoms with Crippen LogP contribution in [0.3, 0.4) is 0 Å². The minimum absolute atomic E-state index is 0.301. The molecular formula is C15H28O9. The Morgan fingerprint density at radius 1 is 0.875 bits per heavy atom. The van der Waals surface area contributed by atoms with E-state index in [1.54, 1.807) is 13.8 Å². The van der Waals surface area contributed by atoms with E-state index in [1.165, 1.54) is 6.92 Å². The molecule has 0 bridgehead atoms. The van der Waals surface area contributed by atoms with Gasteiger partial charge in [-0.3, -0.25) is 9.59 Å². The Hall–Kier alpha value is -1.26. The van der Waals surface area contributed by atoms with Crippen molar-refractivity contribution in [1.82, 2.24) is 0 Å². The highest BCUT2D eigenvalue weighted by Gasteiger charge is 2.33. The van der Waals surface area contributed by atoms with Crippen molar-refractivity contribution < 1.29 is 44.2 Å². The Bertz CT molecular complexity index is 327. The Kier molecular flexibility index (Phi) is 12.4. The minimum atomic E-state index is -1.43. The van der Waals surface area contributed by atoms with Gasteiger partial charge in [-0.05, 0) is 19.8 Å². The third-order valence-electron chi connectivity index (χ3n) is 3.18. The zero-order valence-electron chi connectivity index (χ0n) is 14.3. The number of rotatable bonds is 13. The molecular weight excluding hydrogens is 324 g/mol. The van der Waals surface area contributed by atoms with Gasteiger partial charge < -0.3 is 24.8 Å². The molecule has 3 unspecified atom stereocenters. The standard InChI is InChI=1S/C15H28O9/c1-4-11(7-17)22-14(19)13(9-21-24-10(3)6-16)15(20)23-12(5-2)8-18/h10-13,16-18H,4-9H2,1-3H3. The number of hydrogen-bond acceptors (Lipinski definition) is 9. The molecule has 0 aliphatic rings. The highest BCUT2D eigenvalue weighted by Crippen LogP contribution is 2.11. The fourth-order valence-electron chi connectivity index (χ4n) is 1.48. The molecule has 0 amide bonds. The van der Waals surface area contributed by atoms with Crippen LogP contribution < -0.4 is 0 Å². The largest absolute Gasteiger partial charge is 0.459 e. The van der Waals surface area contributed by atoms with Gasteiger partial charge in [0.15, 0.2) is 5.92 Å². The molecule has 0 aromatic heterocycles. The second-order valence-electron chi connectivity index (χ2n) is 5.23. The van der Waals surface area contributed by atoms with Gasteiger partial charge in [-0.1, -0.05) is 13.8 Å². The van der Waals surface area contributed by atoms with Gasteiger partial charge in [0, 0.05) is 0 Å². The van der Waals surface area contributed by atoms with Gasteiger partial charge in [0.1, 0.15) is 24.9 Å². The van der Waals surface area contributed by atoms with Crippen LogP contribution in [0.1, 0.15) is 33.6 Å². The molecule has 9 nitrogen and oxygen atoms in total. The first-order chi connectivity index (χ1) is 11.4. The molecule has 9 heteroatoms. The smallest absolute Gasteiger partial charge is 0.323 e. The average Bonchev–Trinajstić information content (AvgIpc) is 2.60. The summed E-state index contributed by atoms with van der Waals surface area (Å²) in [5.41, 5.74) is 0. The molecule has 0 radical (unpaired) electrons. The van der Waals surface area contributed by atoms with Crippen molar-refractivity contribution in [3.05, 3.63) is 0 Å². The molecule has 0 fully saturated rings. The predicted octanol–water partition coefficient (Wildman–Crippen LogP) is -0.440. The zero-order chi connectivity index (χ0) is 18.5. The minimum Gasteiger partial charge on any atom is -0.459 e. The van der Waals surface area contributed by atoms with E-state index in [2.05, 4.69) is 0 Å². The fourth-order valence-corrected chi connectivity index (χ4v) is 1.48. The monoisotopic (exact) mass is 352 g/mol. The van der Waals surface area contributed by atoms with Gasteiger partial charge in [0.2, 0.25) is 0 Å². The van der Waals surface area contributed by atoms with E-state index in [9.17, 15) is 9.59 Å². The van der Waals surface area contributed by atoms with Crippen LogP contribution in [-0.2, 0) is 28.8 Å². The van der Waals surface area contributed by atoms with E-state index in [0.29, 0.717) is 12.8 Å². The summed E-state index contributed by atoms with van der Waals surface area (Å²) in [7, 11) is 0. The van der Waals surface area contributed by atoms with Crippen molar-refractivity contribution in [3.63, 3.8) is 0 Å². The molecule has 24 heavy (non-hydrogen) atoms. The maximum atomic E-state index is 12.1. The maximum absolute atomic E-state index is 12.1. The highest BCUT2D eigenvalue weighted by atomic mass is 17.2. The van der Waals surface area contributed by atoms with Crippen molar-refractivity contribution in [3.8, 4) is 0 Å². The number of hydrogen-bond donors (Lipinski definition) is 3. The summed E-state index contributed by atoms with van der Waals surface area (Å²) in [4.78, 5) is 33.8. The van der Waals surface area contributed by atoms with Crippen LogP contribution >= 0.6 is 0 Å². The van der Waals surface area contributed by atoms with Gasteiger partial charge in [0.25, 0.3) is 0 Å². The summed E-state index contributed by atoms with van der Waals surface area (Å²) < 4.78 is 10.1. The van der Waals surface area contributed by atoms with Crippen molar-refractivity contribution in [2.45, 2.75) is 51.9 Å². The number of carbonyl (C=O) groups is 2. The summed E-state index contributed by atoms with van der Waals surface area (Å²) >= 11 is 0. The molecule has 3 N–H and O–H groups in total. The van der Waals surface area contributed by atoms with Crippen molar-refractivity contribution in [2.75, 3.05) is 26.4 Å². The number of aliphatic hydroxyl groups excluding tert-OH is 3. The first-order valence-corrected chi connectivity index (χ1v) is 7.95. The maximum Gasteiger partial charge on any atom is 0.323 e. The molecule has 0 aromatic rings. The summed E-state index contributed by atoms with van der Waals surface area (Å²) in [5, 5.41) is 27.0. The molecule has 0 spiro atoms. The van der Waals surface area contributed by atoms with Crippen LogP contribution in [0.15, 0.2) is 0 Å². The van der Waals surface area contributed by atoms with Crippen LogP contribution in [0.2, 0.25) is 0 Å². The highest BCUT2D eigenvalue weighted by molar-refractivity contribution is 5.95. The Morgan fingerprint density at radius 2 is 1.33 bits per heavy atom. The quantitative estimate of drug-likeness (QED) is 0.175. The van der Waals surface area contributed by atoms with E-state index in [1.807, 2.05) is 0 Å². The van der Waals surface area contributed by atoms with Crippen LogP contribution in [0.4, 0.5) is 0 Å². The summed E-state index contributed by atoms with van der Waals surface area (Å²) in [5.74, 6) is -3.28. The lowest BCUT2D eigenvalue weighted by molar-refractivity contribution is -0.329. The van der Waals surface area contributed by atoms with E-state index < -0.39 is 42.8 Å². The molecule has 0 heterocycles. The Morgan fingerprint density at radius 3 is 1.67 bits per heavy atom. The van der Waals surface area contributed by atoms with E-state index in [4.69, 9.17) is 34.6 Å². The van der Waals surface area contributed by atoms with Crippen molar-refractivity contribution in [1.29, 1.82) is 0 Å². The topological polar surface area (TPSA) is 132 Å². The van der Waals surface area contributed by atoms with Crippen LogP contribution in [0, 0.1) is 5.92 Å². The molecule has 3 atom stereocenters. The Labute approximate surface area is 141 Å². The molecule has 0 aromatic carbocycles. The second kappa shape index (κ2) is 13.1. The average molecular weight is 352 g/mol. The lowest BCUT2D eigenvalue weighted by atomic mass is 10.1. The number of ether oxygens (including phenoxy) is 2. The number of esters is 2. The van der Waals surface area contributed by atoms with Gasteiger partial charge in [-0.2, -0.15) is 0 Å². The fraction of sp³-hybridized carbons (Fsp3) is 0.867. The van der Waals surface area contributed by atoms with Gasteiger partial charge in [-0.15, -0.1) is 0 Å². The molecule has 0 saturated heterocycles. The van der Waals surface area contributed by atoms with Crippen LogP contribution in [0.5, 0.6) is 0 Å². The molecule has 0 saturated carbocycles. The molecule has 0 rings (SSSR count). The first-order valence-electron chi connectivity index (χ1n) is 7.95. The molecule has 142 valence electrons. The van der Waals surface area contributed by atoms with Gasteiger partial charge >= 0.3 is 11.9 Å². The normalized spacial score (nSPS) is 16.1. The summed E-state index contributed by atoms with van der Waals surface area (Å²) in [6, 6.07) is 0. The SMILES string of the molecule is CCC(CO)OC(=O)C(COOC(C)CO)C(=O)OC(CC)CO. The molecule has 0 aliphatic carbocycles. The van der Waals surface area contributed by atoms with Crippen LogP contribution in [0.25, 0.3) is 0 Å². The van der Waals surface area contributed by atoms with Crippen molar-refractivity contribution >= 4 is 11.9 Å². The van der Waals surface area contributed by atoms with Gasteiger partial charge in [-0.25, -0.2) is 9.78 Å². The summed E-state index contributed by atoms with van der Waals surface area (Å²) in [6.45, 7) is 3.42. The molecule has 0 aliphatic heterocycles. The lowest BCUT2D eigenvalue weighted by Crippen LogP contribution is -2.37.